The predicted octanol–water partition coefficient (Wildman–Crippen LogP) is 3.26. The van der Waals surface area contributed by atoms with Crippen molar-refractivity contribution in [3.05, 3.63) is 71.3 Å². The van der Waals surface area contributed by atoms with Crippen LogP contribution in [0.15, 0.2) is 54.6 Å². The van der Waals surface area contributed by atoms with E-state index >= 15 is 0 Å². The molecule has 0 atom stereocenters. The van der Waals surface area contributed by atoms with Crippen LogP contribution in [0.4, 0.5) is 5.69 Å². The Labute approximate surface area is 123 Å². The molecule has 0 aromatic heterocycles. The highest BCUT2D eigenvalue weighted by atomic mass is 16.2. The maximum Gasteiger partial charge on any atom is 0.266 e. The molecule has 1 aliphatic heterocycles. The van der Waals surface area contributed by atoms with Gasteiger partial charge in [-0.15, -0.1) is 0 Å². The van der Waals surface area contributed by atoms with Crippen molar-refractivity contribution in [2.24, 2.45) is 0 Å². The molecule has 2 amide bonds. The minimum Gasteiger partial charge on any atom is -0.269 e. The molecule has 3 nitrogen and oxygen atoms in total. The third-order valence-electron chi connectivity index (χ3n) is 3.82. The minimum atomic E-state index is -0.285. The lowest BCUT2D eigenvalue weighted by Crippen LogP contribution is -2.31. The van der Waals surface area contributed by atoms with Crippen LogP contribution in [-0.4, -0.2) is 11.8 Å². The lowest BCUT2D eigenvalue weighted by molar-refractivity contribution is -0.119. The number of nitrogens with zero attached hydrogens (tertiary/aromatic N) is 1. The molecule has 0 spiro atoms. The van der Waals surface area contributed by atoms with Crippen LogP contribution in [0.2, 0.25) is 0 Å². The molecular formula is C18H15NO2. The van der Waals surface area contributed by atoms with Crippen LogP contribution in [-0.2, 0) is 9.59 Å². The van der Waals surface area contributed by atoms with Crippen molar-refractivity contribution in [2.45, 2.75) is 13.8 Å². The monoisotopic (exact) mass is 277 g/mol. The largest absolute Gasteiger partial charge is 0.269 e. The van der Waals surface area contributed by atoms with E-state index in [-0.39, 0.29) is 11.8 Å². The van der Waals surface area contributed by atoms with E-state index < -0.39 is 0 Å². The maximum absolute atomic E-state index is 12.6. The normalized spacial score (nSPS) is 14.6. The first-order chi connectivity index (χ1) is 10.1. The summed E-state index contributed by atoms with van der Waals surface area (Å²) in [6.07, 6.45) is 1.42. The van der Waals surface area contributed by atoms with Gasteiger partial charge in [-0.2, -0.15) is 0 Å². The molecule has 0 aliphatic carbocycles. The smallest absolute Gasteiger partial charge is 0.266 e. The van der Waals surface area contributed by atoms with Gasteiger partial charge in [0.1, 0.15) is 0 Å². The quantitative estimate of drug-likeness (QED) is 0.790. The highest BCUT2D eigenvalue weighted by Crippen LogP contribution is 2.31. The Balaban J connectivity index is 2.04. The second kappa shape index (κ2) is 5.02. The third kappa shape index (κ3) is 2.17. The molecule has 0 radical (unpaired) electrons. The first-order valence-electron chi connectivity index (χ1n) is 6.81. The van der Waals surface area contributed by atoms with Gasteiger partial charge < -0.3 is 0 Å². The Kier molecular flexibility index (Phi) is 3.18. The maximum atomic E-state index is 12.6. The number of rotatable bonds is 2. The van der Waals surface area contributed by atoms with Crippen molar-refractivity contribution in [1.29, 1.82) is 0 Å². The summed E-state index contributed by atoms with van der Waals surface area (Å²) in [5, 5.41) is 0. The summed E-state index contributed by atoms with van der Waals surface area (Å²) >= 11 is 0. The second-order valence-electron chi connectivity index (χ2n) is 5.12. The van der Waals surface area contributed by atoms with Crippen LogP contribution < -0.4 is 4.90 Å². The van der Waals surface area contributed by atoms with Gasteiger partial charge in [0.05, 0.1) is 11.3 Å². The van der Waals surface area contributed by atoms with Crippen molar-refractivity contribution >= 4 is 23.1 Å². The Morgan fingerprint density at radius 1 is 0.857 bits per heavy atom. The third-order valence-corrected chi connectivity index (χ3v) is 3.82. The summed E-state index contributed by atoms with van der Waals surface area (Å²) in [5.41, 5.74) is 3.88. The molecule has 1 heterocycles. The molecular weight excluding hydrogens is 262 g/mol. The van der Waals surface area contributed by atoms with Gasteiger partial charge in [-0.05, 0) is 36.6 Å². The fraction of sp³-hybridized carbons (Fsp3) is 0.111. The Morgan fingerprint density at radius 2 is 1.57 bits per heavy atom. The molecule has 21 heavy (non-hydrogen) atoms. The predicted molar refractivity (Wildman–Crippen MR) is 82.8 cm³/mol. The van der Waals surface area contributed by atoms with E-state index in [0.29, 0.717) is 11.3 Å². The number of carbonyl (C=O) groups excluding carboxylic acids is 2. The molecule has 3 rings (SSSR count). The van der Waals surface area contributed by atoms with Crippen LogP contribution in [0.25, 0.3) is 5.57 Å². The van der Waals surface area contributed by atoms with Gasteiger partial charge in [-0.3, -0.25) is 9.59 Å². The molecule has 0 saturated carbocycles. The van der Waals surface area contributed by atoms with Gasteiger partial charge in [0.25, 0.3) is 11.8 Å². The summed E-state index contributed by atoms with van der Waals surface area (Å²) in [4.78, 5) is 26.1. The van der Waals surface area contributed by atoms with E-state index in [1.165, 1.54) is 11.0 Å². The number of imide groups is 1. The number of carbonyl (C=O) groups is 2. The minimum absolute atomic E-state index is 0.264. The van der Waals surface area contributed by atoms with E-state index in [9.17, 15) is 9.59 Å². The molecule has 2 aromatic rings. The summed E-state index contributed by atoms with van der Waals surface area (Å²) < 4.78 is 0. The van der Waals surface area contributed by atoms with Gasteiger partial charge in [-0.1, -0.05) is 42.5 Å². The van der Waals surface area contributed by atoms with Gasteiger partial charge in [-0.25, -0.2) is 4.90 Å². The van der Waals surface area contributed by atoms with Crippen LogP contribution in [0, 0.1) is 13.8 Å². The standard InChI is InChI=1S/C18H15NO2/c1-12-7-6-10-16(13(12)2)19-17(20)11-15(18(19)21)14-8-4-3-5-9-14/h3-11H,1-2H3. The average molecular weight is 277 g/mol. The molecule has 2 aromatic carbocycles. The Morgan fingerprint density at radius 3 is 2.29 bits per heavy atom. The summed E-state index contributed by atoms with van der Waals surface area (Å²) in [5.74, 6) is -0.549. The molecule has 104 valence electrons. The first-order valence-corrected chi connectivity index (χ1v) is 6.81. The Hall–Kier alpha value is -2.68. The van der Waals surface area contributed by atoms with Gasteiger partial charge >= 0.3 is 0 Å². The molecule has 0 saturated heterocycles. The Bertz CT molecular complexity index is 760. The van der Waals surface area contributed by atoms with Crippen molar-refractivity contribution in [1.82, 2.24) is 0 Å². The lowest BCUT2D eigenvalue weighted by atomic mass is 10.1. The first kappa shape index (κ1) is 13.3. The fourth-order valence-electron chi connectivity index (χ4n) is 2.50. The van der Waals surface area contributed by atoms with Crippen molar-refractivity contribution in [3.63, 3.8) is 0 Å². The average Bonchev–Trinajstić information content (AvgIpc) is 2.78. The topological polar surface area (TPSA) is 37.4 Å². The van der Waals surface area contributed by atoms with Gasteiger partial charge in [0.15, 0.2) is 0 Å². The number of amides is 2. The summed E-state index contributed by atoms with van der Waals surface area (Å²) in [7, 11) is 0. The van der Waals surface area contributed by atoms with E-state index in [2.05, 4.69) is 0 Å². The van der Waals surface area contributed by atoms with Crippen LogP contribution in [0.1, 0.15) is 16.7 Å². The van der Waals surface area contributed by atoms with E-state index in [1.54, 1.807) is 6.07 Å². The number of benzene rings is 2. The molecule has 0 N–H and O–H groups in total. The fourth-order valence-corrected chi connectivity index (χ4v) is 2.50. The van der Waals surface area contributed by atoms with Gasteiger partial charge in [0, 0.05) is 6.08 Å². The molecule has 3 heteroatoms. The van der Waals surface area contributed by atoms with Crippen LogP contribution >= 0.6 is 0 Å². The number of aryl methyl sites for hydroxylation is 1. The summed E-state index contributed by atoms with van der Waals surface area (Å²) in [6, 6.07) is 14.9. The van der Waals surface area contributed by atoms with Crippen molar-refractivity contribution in [2.75, 3.05) is 4.90 Å². The number of hydrogen-bond acceptors (Lipinski definition) is 2. The van der Waals surface area contributed by atoms with Crippen molar-refractivity contribution in [3.8, 4) is 0 Å². The summed E-state index contributed by atoms with van der Waals surface area (Å²) in [6.45, 7) is 3.89. The van der Waals surface area contributed by atoms with Crippen molar-refractivity contribution < 1.29 is 9.59 Å². The zero-order valence-corrected chi connectivity index (χ0v) is 12.0. The zero-order valence-electron chi connectivity index (χ0n) is 12.0. The van der Waals surface area contributed by atoms with E-state index in [0.717, 1.165) is 16.7 Å². The second-order valence-corrected chi connectivity index (χ2v) is 5.12. The van der Waals surface area contributed by atoms with E-state index in [4.69, 9.17) is 0 Å². The lowest BCUT2D eigenvalue weighted by Gasteiger charge is -2.18. The molecule has 0 unspecified atom stereocenters. The van der Waals surface area contributed by atoms with Crippen LogP contribution in [0.3, 0.4) is 0 Å². The number of hydrogen-bond donors (Lipinski definition) is 0. The SMILES string of the molecule is Cc1cccc(N2C(=O)C=C(c3ccccc3)C2=O)c1C. The zero-order chi connectivity index (χ0) is 15.0. The number of anilines is 1. The van der Waals surface area contributed by atoms with E-state index in [1.807, 2.05) is 56.3 Å². The molecule has 0 bridgehead atoms. The van der Waals surface area contributed by atoms with Gasteiger partial charge in [0.2, 0.25) is 0 Å². The highest BCUT2D eigenvalue weighted by molar-refractivity contribution is 6.43. The highest BCUT2D eigenvalue weighted by Gasteiger charge is 2.33. The van der Waals surface area contributed by atoms with Crippen LogP contribution in [0.5, 0.6) is 0 Å². The molecule has 0 fully saturated rings. The molecule has 1 aliphatic rings.